The number of benzene rings is 1. The molecule has 2 amide bonds. The van der Waals surface area contributed by atoms with E-state index in [2.05, 4.69) is 5.32 Å². The minimum Gasteiger partial charge on any atom is -0.316 e. The van der Waals surface area contributed by atoms with Crippen molar-refractivity contribution in [2.75, 3.05) is 5.32 Å². The van der Waals surface area contributed by atoms with Gasteiger partial charge in [-0.2, -0.15) is 26.3 Å². The summed E-state index contributed by atoms with van der Waals surface area (Å²) in [5.41, 5.74) is -9.42. The third kappa shape index (κ3) is 2.76. The van der Waals surface area contributed by atoms with E-state index in [1.54, 1.807) is 0 Å². The molecule has 1 heterocycles. The molecule has 7 nitrogen and oxygen atoms in total. The molecule has 0 aromatic heterocycles. The van der Waals surface area contributed by atoms with Crippen molar-refractivity contribution in [2.24, 2.45) is 0 Å². The van der Waals surface area contributed by atoms with Gasteiger partial charge in [0, 0.05) is 0 Å². The number of carbonyl (C=O) groups is 2. The van der Waals surface area contributed by atoms with Gasteiger partial charge in [-0.05, 0) is 6.07 Å². The van der Waals surface area contributed by atoms with Gasteiger partial charge in [-0.15, -0.1) is 0 Å². The predicted octanol–water partition coefficient (Wildman–Crippen LogP) is 2.35. The molecule has 0 saturated carbocycles. The van der Waals surface area contributed by atoms with Crippen LogP contribution in [0.5, 0.6) is 0 Å². The molecule has 0 saturated heterocycles. The zero-order valence-corrected chi connectivity index (χ0v) is 10.4. The highest BCUT2D eigenvalue weighted by atomic mass is 19.4. The van der Waals surface area contributed by atoms with Crippen LogP contribution in [-0.2, 0) is 21.9 Å². The average molecular weight is 342 g/mol. The summed E-state index contributed by atoms with van der Waals surface area (Å²) in [4.78, 5) is 31.0. The molecule has 0 fully saturated rings. The van der Waals surface area contributed by atoms with Crippen molar-refractivity contribution in [1.82, 2.24) is 5.32 Å². The van der Waals surface area contributed by atoms with Gasteiger partial charge in [-0.3, -0.25) is 19.7 Å². The lowest BCUT2D eigenvalue weighted by Crippen LogP contribution is -2.35. The quantitative estimate of drug-likeness (QED) is 0.366. The van der Waals surface area contributed by atoms with E-state index >= 15 is 0 Å². The van der Waals surface area contributed by atoms with Crippen molar-refractivity contribution >= 4 is 28.9 Å². The number of alkyl halides is 6. The number of nitro groups is 1. The maximum atomic E-state index is 13.0. The second kappa shape index (κ2) is 4.82. The molecule has 2 rings (SSSR count). The molecular weight excluding hydrogens is 340 g/mol. The van der Waals surface area contributed by atoms with E-state index in [9.17, 15) is 46.0 Å². The van der Waals surface area contributed by atoms with Crippen LogP contribution in [0.2, 0.25) is 0 Å². The number of fused-ring (bicyclic) bond motifs is 1. The minimum atomic E-state index is -5.63. The summed E-state index contributed by atoms with van der Waals surface area (Å²) in [6.45, 7) is 0. The fourth-order valence-corrected chi connectivity index (χ4v) is 1.88. The zero-order chi connectivity index (χ0) is 17.7. The molecule has 23 heavy (non-hydrogen) atoms. The van der Waals surface area contributed by atoms with Gasteiger partial charge in [0.05, 0.1) is 10.6 Å². The second-order valence-corrected chi connectivity index (χ2v) is 4.17. The van der Waals surface area contributed by atoms with Gasteiger partial charge in [0.25, 0.3) is 5.69 Å². The predicted molar refractivity (Wildman–Crippen MR) is 58.5 cm³/mol. The van der Waals surface area contributed by atoms with Crippen molar-refractivity contribution in [3.8, 4) is 0 Å². The van der Waals surface area contributed by atoms with Crippen molar-refractivity contribution in [2.45, 2.75) is 12.4 Å². The number of hydrogen-bond donors (Lipinski definition) is 1. The van der Waals surface area contributed by atoms with Crippen LogP contribution in [0.15, 0.2) is 6.07 Å². The monoisotopic (exact) mass is 342 g/mol. The maximum absolute atomic E-state index is 13.0. The summed E-state index contributed by atoms with van der Waals surface area (Å²) in [5, 5.41) is 15.0. The molecule has 1 aliphatic heterocycles. The second-order valence-electron chi connectivity index (χ2n) is 4.17. The van der Waals surface area contributed by atoms with Gasteiger partial charge in [0.2, 0.25) is 0 Å². The molecule has 1 radical (unpaired) electrons. The highest BCUT2D eigenvalue weighted by Crippen LogP contribution is 2.50. The molecule has 0 spiro atoms. The molecular formula is C10H2F6N3O4. The molecule has 1 aliphatic rings. The number of anilines is 1. The Morgan fingerprint density at radius 1 is 1.09 bits per heavy atom. The zero-order valence-electron chi connectivity index (χ0n) is 10.4. The Labute approximate surface area is 121 Å². The van der Waals surface area contributed by atoms with Gasteiger partial charge in [0.1, 0.15) is 11.3 Å². The number of nitrogens with one attached hydrogen (secondary N) is 1. The standard InChI is InChI=1S/C10H2F6N3O4/c11-9(12,13)2-1-3-5(18-8(21)7(20)17-3)4(10(14,15)16)6(2)19(22)23/h1H,(H,17,20). The van der Waals surface area contributed by atoms with Crippen LogP contribution in [-0.4, -0.2) is 16.7 Å². The van der Waals surface area contributed by atoms with Crippen molar-refractivity contribution in [3.05, 3.63) is 27.3 Å². The van der Waals surface area contributed by atoms with E-state index in [1.807, 2.05) is 0 Å². The number of amides is 2. The third-order valence-corrected chi connectivity index (χ3v) is 2.70. The first-order valence-corrected chi connectivity index (χ1v) is 5.41. The normalized spacial score (nSPS) is 14.9. The summed E-state index contributed by atoms with van der Waals surface area (Å²) >= 11 is 0. The van der Waals surface area contributed by atoms with Crippen LogP contribution < -0.4 is 10.6 Å². The summed E-state index contributed by atoms with van der Waals surface area (Å²) in [5.74, 6) is -3.29. The Hall–Kier alpha value is -2.86. The van der Waals surface area contributed by atoms with Gasteiger partial charge in [-0.25, -0.2) is 5.32 Å². The first-order chi connectivity index (χ1) is 10.3. The van der Waals surface area contributed by atoms with Crippen LogP contribution in [0, 0.1) is 10.1 Å². The lowest BCUT2D eigenvalue weighted by Gasteiger charge is -2.22. The van der Waals surface area contributed by atoms with Crippen LogP contribution in [0.3, 0.4) is 0 Å². The van der Waals surface area contributed by atoms with Gasteiger partial charge in [-0.1, -0.05) is 0 Å². The summed E-state index contributed by atoms with van der Waals surface area (Å²) < 4.78 is 77.6. The third-order valence-electron chi connectivity index (χ3n) is 2.70. The summed E-state index contributed by atoms with van der Waals surface area (Å²) in [7, 11) is 0. The van der Waals surface area contributed by atoms with Crippen LogP contribution >= 0.6 is 0 Å². The highest BCUT2D eigenvalue weighted by Gasteiger charge is 2.51. The number of rotatable bonds is 1. The van der Waals surface area contributed by atoms with E-state index in [-0.39, 0.29) is 6.07 Å². The maximum Gasteiger partial charge on any atom is 0.425 e. The van der Waals surface area contributed by atoms with Gasteiger partial charge < -0.3 is 5.32 Å². The molecule has 1 aromatic rings. The first-order valence-electron chi connectivity index (χ1n) is 5.41. The Morgan fingerprint density at radius 3 is 2.09 bits per heavy atom. The van der Waals surface area contributed by atoms with E-state index in [1.165, 1.54) is 5.32 Å². The number of nitrogens with zero attached hydrogens (tertiary/aromatic N) is 2. The van der Waals surface area contributed by atoms with Crippen LogP contribution in [0.25, 0.3) is 0 Å². The summed E-state index contributed by atoms with van der Waals surface area (Å²) in [6, 6.07) is -0.0729. The molecule has 0 atom stereocenters. The molecule has 0 bridgehead atoms. The lowest BCUT2D eigenvalue weighted by molar-refractivity contribution is -0.391. The van der Waals surface area contributed by atoms with E-state index in [0.717, 1.165) is 0 Å². The summed E-state index contributed by atoms with van der Waals surface area (Å²) in [6.07, 6.45) is -11.1. The number of nitro benzene ring substituents is 1. The average Bonchev–Trinajstić information content (AvgIpc) is 2.35. The smallest absolute Gasteiger partial charge is 0.316 e. The fourth-order valence-electron chi connectivity index (χ4n) is 1.88. The number of carbonyl (C=O) groups excluding carboxylic acids is 2. The van der Waals surface area contributed by atoms with Crippen molar-refractivity contribution in [3.63, 3.8) is 0 Å². The van der Waals surface area contributed by atoms with Crippen molar-refractivity contribution < 1.29 is 40.9 Å². The molecule has 13 heteroatoms. The van der Waals surface area contributed by atoms with E-state index in [4.69, 9.17) is 0 Å². The fraction of sp³-hybridized carbons (Fsp3) is 0.200. The Balaban J connectivity index is 2.95. The minimum absolute atomic E-state index is 0.0729. The number of hydrogen-bond acceptors (Lipinski definition) is 4. The van der Waals surface area contributed by atoms with Crippen molar-refractivity contribution in [1.29, 1.82) is 0 Å². The molecule has 0 unspecified atom stereocenters. The number of halogens is 6. The SMILES string of the molecule is O=C1[N]c2c(cc(C(F)(F)F)c([N+](=O)[O-])c2C(F)(F)F)NC1=O. The van der Waals surface area contributed by atoms with Crippen LogP contribution in [0.1, 0.15) is 11.1 Å². The topological polar surface area (TPSA) is 103 Å². The molecule has 123 valence electrons. The molecule has 1 N–H and O–H groups in total. The van der Waals surface area contributed by atoms with Gasteiger partial charge in [0.15, 0.2) is 5.56 Å². The Morgan fingerprint density at radius 2 is 1.65 bits per heavy atom. The Bertz CT molecular complexity index is 740. The molecule has 1 aromatic carbocycles. The van der Waals surface area contributed by atoms with E-state index in [0.29, 0.717) is 0 Å². The lowest BCUT2D eigenvalue weighted by atomic mass is 10.0. The highest BCUT2D eigenvalue weighted by molar-refractivity contribution is 6.42. The first kappa shape index (κ1) is 16.5. The Kier molecular flexibility index (Phi) is 3.46. The van der Waals surface area contributed by atoms with Crippen LogP contribution in [0.4, 0.5) is 43.4 Å². The largest absolute Gasteiger partial charge is 0.425 e. The van der Waals surface area contributed by atoms with E-state index < -0.39 is 57.3 Å². The van der Waals surface area contributed by atoms with Gasteiger partial charge >= 0.3 is 24.2 Å². The molecule has 0 aliphatic carbocycles.